The Morgan fingerprint density at radius 1 is 1.30 bits per heavy atom. The maximum Gasteiger partial charge on any atom is 0.124 e. The van der Waals surface area contributed by atoms with Gasteiger partial charge in [-0.2, -0.15) is 11.8 Å². The lowest BCUT2D eigenvalue weighted by Crippen LogP contribution is -2.21. The molecule has 0 aromatic heterocycles. The lowest BCUT2D eigenvalue weighted by molar-refractivity contribution is 0.403. The van der Waals surface area contributed by atoms with Crippen molar-refractivity contribution in [2.24, 2.45) is 0 Å². The Kier molecular flexibility index (Phi) is 5.79. The highest BCUT2D eigenvalue weighted by atomic mass is 32.2. The maximum absolute atomic E-state index is 5.61. The highest BCUT2D eigenvalue weighted by molar-refractivity contribution is 7.99. The van der Waals surface area contributed by atoms with Crippen LogP contribution in [0.4, 0.5) is 0 Å². The topological polar surface area (TPSA) is 21.3 Å². The zero-order valence-electron chi connectivity index (χ0n) is 13.2. The zero-order valence-corrected chi connectivity index (χ0v) is 14.0. The van der Waals surface area contributed by atoms with Crippen molar-refractivity contribution >= 4 is 11.8 Å². The average molecular weight is 293 g/mol. The first-order valence-electron chi connectivity index (χ1n) is 7.59. The number of hydrogen-bond donors (Lipinski definition) is 1. The molecule has 1 fully saturated rings. The number of aryl methyl sites for hydroxylation is 2. The van der Waals surface area contributed by atoms with E-state index in [0.717, 1.165) is 16.8 Å². The summed E-state index contributed by atoms with van der Waals surface area (Å²) in [5.41, 5.74) is 3.92. The van der Waals surface area contributed by atoms with E-state index in [1.807, 2.05) is 0 Å². The van der Waals surface area contributed by atoms with Crippen LogP contribution in [0.25, 0.3) is 0 Å². The lowest BCUT2D eigenvalue weighted by Gasteiger charge is -2.23. The van der Waals surface area contributed by atoms with Crippen molar-refractivity contribution in [3.05, 3.63) is 28.8 Å². The van der Waals surface area contributed by atoms with Crippen LogP contribution in [-0.2, 0) is 0 Å². The van der Waals surface area contributed by atoms with Gasteiger partial charge >= 0.3 is 0 Å². The molecule has 1 saturated carbocycles. The summed E-state index contributed by atoms with van der Waals surface area (Å²) in [6.07, 6.45) is 5.61. The third kappa shape index (κ3) is 3.70. The van der Waals surface area contributed by atoms with Gasteiger partial charge in [-0.15, -0.1) is 0 Å². The third-order valence-corrected chi connectivity index (χ3v) is 5.68. The molecule has 1 aliphatic carbocycles. The molecule has 112 valence electrons. The van der Waals surface area contributed by atoms with Gasteiger partial charge in [-0.3, -0.25) is 0 Å². The number of methoxy groups -OCH3 is 1. The van der Waals surface area contributed by atoms with Crippen LogP contribution in [0, 0.1) is 13.8 Å². The molecule has 2 nitrogen and oxygen atoms in total. The first kappa shape index (κ1) is 15.7. The second-order valence-electron chi connectivity index (χ2n) is 5.78. The molecule has 0 saturated heterocycles. The molecule has 0 aliphatic heterocycles. The normalized spacial score (nSPS) is 17.4. The molecule has 3 heteroatoms. The molecular formula is C17H27NOS. The predicted molar refractivity (Wildman–Crippen MR) is 89.0 cm³/mol. The molecule has 1 atom stereocenters. The molecule has 1 unspecified atom stereocenters. The van der Waals surface area contributed by atoms with Crippen LogP contribution in [0.15, 0.2) is 12.1 Å². The highest BCUT2D eigenvalue weighted by Crippen LogP contribution is 2.35. The van der Waals surface area contributed by atoms with E-state index in [9.17, 15) is 0 Å². The monoisotopic (exact) mass is 293 g/mol. The Hall–Kier alpha value is -0.670. The smallest absolute Gasteiger partial charge is 0.124 e. The maximum atomic E-state index is 5.61. The number of rotatable bonds is 6. The minimum absolute atomic E-state index is 0.371. The fraction of sp³-hybridized carbons (Fsp3) is 0.647. The van der Waals surface area contributed by atoms with E-state index in [-0.39, 0.29) is 0 Å². The van der Waals surface area contributed by atoms with Gasteiger partial charge in [-0.1, -0.05) is 18.9 Å². The van der Waals surface area contributed by atoms with E-state index in [0.29, 0.717) is 6.04 Å². The summed E-state index contributed by atoms with van der Waals surface area (Å²) in [6, 6.07) is 4.77. The number of benzene rings is 1. The summed E-state index contributed by atoms with van der Waals surface area (Å²) in [5.74, 6) is 2.15. The highest BCUT2D eigenvalue weighted by Gasteiger charge is 2.21. The predicted octanol–water partition coefficient (Wildman–Crippen LogP) is 4.25. The van der Waals surface area contributed by atoms with Gasteiger partial charge in [0.15, 0.2) is 0 Å². The van der Waals surface area contributed by atoms with Crippen molar-refractivity contribution in [1.82, 2.24) is 5.32 Å². The lowest BCUT2D eigenvalue weighted by atomic mass is 9.99. The van der Waals surface area contributed by atoms with Crippen LogP contribution in [0.2, 0.25) is 0 Å². The van der Waals surface area contributed by atoms with Gasteiger partial charge in [0, 0.05) is 22.6 Å². The Balaban J connectivity index is 2.13. The Morgan fingerprint density at radius 3 is 2.60 bits per heavy atom. The number of ether oxygens (including phenoxy) is 1. The molecule has 0 heterocycles. The SMILES string of the molecule is CNC(CSC1CCCC1)c1c(C)cc(C)cc1OC. The summed E-state index contributed by atoms with van der Waals surface area (Å²) in [7, 11) is 3.83. The van der Waals surface area contributed by atoms with Crippen LogP contribution < -0.4 is 10.1 Å². The molecule has 1 N–H and O–H groups in total. The zero-order chi connectivity index (χ0) is 14.5. The van der Waals surface area contributed by atoms with Crippen LogP contribution in [0.1, 0.15) is 48.4 Å². The summed E-state index contributed by atoms with van der Waals surface area (Å²) < 4.78 is 5.61. The van der Waals surface area contributed by atoms with E-state index in [1.165, 1.54) is 42.4 Å². The van der Waals surface area contributed by atoms with Crippen molar-refractivity contribution in [3.8, 4) is 5.75 Å². The first-order chi connectivity index (χ1) is 9.65. The molecule has 0 bridgehead atoms. The number of thioether (sulfide) groups is 1. The second-order valence-corrected chi connectivity index (χ2v) is 7.11. The fourth-order valence-electron chi connectivity index (χ4n) is 3.15. The Bertz CT molecular complexity index is 441. The Labute approximate surface area is 127 Å². The van der Waals surface area contributed by atoms with Crippen molar-refractivity contribution < 1.29 is 4.74 Å². The molecule has 1 aromatic rings. The van der Waals surface area contributed by atoms with E-state index in [2.05, 4.69) is 50.1 Å². The number of nitrogens with one attached hydrogen (secondary N) is 1. The first-order valence-corrected chi connectivity index (χ1v) is 8.64. The largest absolute Gasteiger partial charge is 0.496 e. The van der Waals surface area contributed by atoms with Crippen LogP contribution >= 0.6 is 11.8 Å². The van der Waals surface area contributed by atoms with E-state index >= 15 is 0 Å². The van der Waals surface area contributed by atoms with Gasteiger partial charge in [0.1, 0.15) is 5.75 Å². The van der Waals surface area contributed by atoms with Gasteiger partial charge in [0.05, 0.1) is 7.11 Å². The van der Waals surface area contributed by atoms with Gasteiger partial charge in [-0.05, 0) is 50.9 Å². The quantitative estimate of drug-likeness (QED) is 0.847. The molecule has 2 rings (SSSR count). The third-order valence-electron chi connectivity index (χ3n) is 4.21. The van der Waals surface area contributed by atoms with Gasteiger partial charge < -0.3 is 10.1 Å². The summed E-state index contributed by atoms with van der Waals surface area (Å²) in [4.78, 5) is 0. The summed E-state index contributed by atoms with van der Waals surface area (Å²) in [6.45, 7) is 4.32. The van der Waals surface area contributed by atoms with E-state index in [1.54, 1.807) is 7.11 Å². The standard InChI is InChI=1S/C17H27NOS/c1-12-9-13(2)17(16(10-12)19-4)15(18-3)11-20-14-7-5-6-8-14/h9-10,14-15,18H,5-8,11H2,1-4H3. The second kappa shape index (κ2) is 7.37. The molecule has 1 aromatic carbocycles. The summed E-state index contributed by atoms with van der Waals surface area (Å²) >= 11 is 2.13. The summed E-state index contributed by atoms with van der Waals surface area (Å²) in [5, 5.41) is 4.34. The van der Waals surface area contributed by atoms with Crippen molar-refractivity contribution in [1.29, 1.82) is 0 Å². The van der Waals surface area contributed by atoms with Crippen molar-refractivity contribution in [3.63, 3.8) is 0 Å². The minimum atomic E-state index is 0.371. The van der Waals surface area contributed by atoms with Gasteiger partial charge in [0.25, 0.3) is 0 Å². The van der Waals surface area contributed by atoms with Crippen molar-refractivity contribution in [2.45, 2.75) is 50.8 Å². The fourth-order valence-corrected chi connectivity index (χ4v) is 4.62. The van der Waals surface area contributed by atoms with Gasteiger partial charge in [0.2, 0.25) is 0 Å². The molecule has 0 radical (unpaired) electrons. The Morgan fingerprint density at radius 2 is 2.00 bits per heavy atom. The average Bonchev–Trinajstić information content (AvgIpc) is 2.93. The van der Waals surface area contributed by atoms with Crippen LogP contribution in [0.5, 0.6) is 5.75 Å². The molecule has 0 spiro atoms. The van der Waals surface area contributed by atoms with E-state index < -0.39 is 0 Å². The van der Waals surface area contributed by atoms with E-state index in [4.69, 9.17) is 4.74 Å². The molecular weight excluding hydrogens is 266 g/mol. The number of hydrogen-bond acceptors (Lipinski definition) is 3. The molecule has 1 aliphatic rings. The van der Waals surface area contributed by atoms with Crippen LogP contribution in [-0.4, -0.2) is 25.2 Å². The van der Waals surface area contributed by atoms with Crippen LogP contribution in [0.3, 0.4) is 0 Å². The van der Waals surface area contributed by atoms with Crippen molar-refractivity contribution in [2.75, 3.05) is 19.9 Å². The molecule has 20 heavy (non-hydrogen) atoms. The minimum Gasteiger partial charge on any atom is -0.496 e. The van der Waals surface area contributed by atoms with Gasteiger partial charge in [-0.25, -0.2) is 0 Å². The molecule has 0 amide bonds.